The lowest BCUT2D eigenvalue weighted by atomic mass is 10.3. The van der Waals surface area contributed by atoms with Crippen LogP contribution < -0.4 is 11.1 Å². The van der Waals surface area contributed by atoms with Gasteiger partial charge in [0, 0.05) is 32.0 Å². The number of rotatable bonds is 9. The SMILES string of the molecule is CCN(CC)S(=O)(=O)c1ccc(NC(=O)CON=C(N)c2cnn(C)c2)cc1. The Hall–Kier alpha value is -2.92. The molecule has 1 amide bonds. The topological polar surface area (TPSA) is 132 Å². The molecule has 0 spiro atoms. The summed E-state index contributed by atoms with van der Waals surface area (Å²) < 4.78 is 27.8. The highest BCUT2D eigenvalue weighted by atomic mass is 32.2. The summed E-state index contributed by atoms with van der Waals surface area (Å²) in [4.78, 5) is 17.0. The van der Waals surface area contributed by atoms with E-state index in [0.29, 0.717) is 24.3 Å². The average Bonchev–Trinajstić information content (AvgIpc) is 3.09. The fraction of sp³-hybridized carbons (Fsp3) is 0.353. The van der Waals surface area contributed by atoms with Gasteiger partial charge in [0.05, 0.1) is 16.7 Å². The summed E-state index contributed by atoms with van der Waals surface area (Å²) in [5.74, 6) is -0.353. The van der Waals surface area contributed by atoms with Gasteiger partial charge in [0.15, 0.2) is 12.4 Å². The third-order valence-corrected chi connectivity index (χ3v) is 5.90. The molecule has 0 saturated carbocycles. The van der Waals surface area contributed by atoms with Gasteiger partial charge in [-0.3, -0.25) is 9.48 Å². The second-order valence-corrected chi connectivity index (χ2v) is 7.75. The van der Waals surface area contributed by atoms with Crippen LogP contribution >= 0.6 is 0 Å². The molecule has 0 aliphatic heterocycles. The number of amidine groups is 1. The largest absolute Gasteiger partial charge is 0.384 e. The van der Waals surface area contributed by atoms with Crippen molar-refractivity contribution in [3.05, 3.63) is 42.2 Å². The van der Waals surface area contributed by atoms with E-state index in [1.54, 1.807) is 31.8 Å². The van der Waals surface area contributed by atoms with Crippen LogP contribution in [-0.4, -0.2) is 53.9 Å². The minimum absolute atomic E-state index is 0.104. The van der Waals surface area contributed by atoms with E-state index in [1.807, 2.05) is 0 Å². The molecule has 1 heterocycles. The van der Waals surface area contributed by atoms with Crippen LogP contribution in [0.1, 0.15) is 19.4 Å². The van der Waals surface area contributed by atoms with Crippen molar-refractivity contribution in [1.82, 2.24) is 14.1 Å². The Morgan fingerprint density at radius 2 is 1.93 bits per heavy atom. The second kappa shape index (κ2) is 9.33. The van der Waals surface area contributed by atoms with Gasteiger partial charge >= 0.3 is 0 Å². The smallest absolute Gasteiger partial charge is 0.265 e. The number of carbonyl (C=O) groups excluding carboxylic acids is 1. The number of hydrogen-bond acceptors (Lipinski definition) is 6. The summed E-state index contributed by atoms with van der Waals surface area (Å²) in [5.41, 5.74) is 6.75. The Kier molecular flexibility index (Phi) is 7.12. The number of benzene rings is 1. The van der Waals surface area contributed by atoms with Gasteiger partial charge in [-0.05, 0) is 24.3 Å². The fourth-order valence-corrected chi connectivity index (χ4v) is 3.84. The zero-order chi connectivity index (χ0) is 20.7. The third kappa shape index (κ3) is 5.30. The summed E-state index contributed by atoms with van der Waals surface area (Å²) in [5, 5.41) is 10.2. The monoisotopic (exact) mass is 408 g/mol. The number of anilines is 1. The number of aromatic nitrogens is 2. The number of nitrogens with zero attached hydrogens (tertiary/aromatic N) is 4. The van der Waals surface area contributed by atoms with Gasteiger partial charge in [0.25, 0.3) is 5.91 Å². The first-order chi connectivity index (χ1) is 13.3. The number of nitrogens with two attached hydrogens (primary N) is 1. The lowest BCUT2D eigenvalue weighted by Gasteiger charge is -2.18. The molecule has 152 valence electrons. The van der Waals surface area contributed by atoms with Crippen LogP contribution in [0.5, 0.6) is 0 Å². The Morgan fingerprint density at radius 3 is 2.46 bits per heavy atom. The van der Waals surface area contributed by atoms with E-state index >= 15 is 0 Å². The van der Waals surface area contributed by atoms with E-state index in [2.05, 4.69) is 15.6 Å². The van der Waals surface area contributed by atoms with E-state index in [9.17, 15) is 13.2 Å². The van der Waals surface area contributed by atoms with Crippen molar-refractivity contribution in [2.24, 2.45) is 17.9 Å². The maximum atomic E-state index is 12.4. The van der Waals surface area contributed by atoms with Gasteiger partial charge in [0.1, 0.15) is 0 Å². The Balaban J connectivity index is 1.92. The zero-order valence-corrected chi connectivity index (χ0v) is 16.8. The molecule has 10 nitrogen and oxygen atoms in total. The molecule has 11 heteroatoms. The molecule has 2 rings (SSSR count). The number of hydrogen-bond donors (Lipinski definition) is 2. The summed E-state index contributed by atoms with van der Waals surface area (Å²) >= 11 is 0. The summed E-state index contributed by atoms with van der Waals surface area (Å²) in [7, 11) is -1.80. The van der Waals surface area contributed by atoms with Crippen LogP contribution in [0, 0.1) is 0 Å². The molecule has 1 aromatic carbocycles. The van der Waals surface area contributed by atoms with Crippen molar-refractivity contribution in [2.75, 3.05) is 25.0 Å². The molecule has 0 aliphatic carbocycles. The first-order valence-corrected chi connectivity index (χ1v) is 10.1. The highest BCUT2D eigenvalue weighted by molar-refractivity contribution is 7.89. The molecule has 28 heavy (non-hydrogen) atoms. The van der Waals surface area contributed by atoms with Crippen LogP contribution in [0.2, 0.25) is 0 Å². The Morgan fingerprint density at radius 1 is 1.29 bits per heavy atom. The van der Waals surface area contributed by atoms with E-state index in [-0.39, 0.29) is 17.3 Å². The number of aryl methyl sites for hydroxylation is 1. The lowest BCUT2D eigenvalue weighted by molar-refractivity contribution is -0.120. The minimum atomic E-state index is -3.54. The number of sulfonamides is 1. The van der Waals surface area contributed by atoms with Crippen molar-refractivity contribution >= 4 is 27.5 Å². The molecular formula is C17H24N6O4S. The molecule has 0 bridgehead atoms. The van der Waals surface area contributed by atoms with Crippen molar-refractivity contribution in [3.63, 3.8) is 0 Å². The number of nitrogens with one attached hydrogen (secondary N) is 1. The molecule has 0 fully saturated rings. The molecule has 0 atom stereocenters. The zero-order valence-electron chi connectivity index (χ0n) is 16.0. The summed E-state index contributed by atoms with van der Waals surface area (Å²) in [6.07, 6.45) is 3.19. The van der Waals surface area contributed by atoms with Crippen molar-refractivity contribution < 1.29 is 18.0 Å². The molecular weight excluding hydrogens is 384 g/mol. The van der Waals surface area contributed by atoms with Gasteiger partial charge in [-0.25, -0.2) is 8.42 Å². The molecule has 0 radical (unpaired) electrons. The molecule has 0 aliphatic rings. The maximum absolute atomic E-state index is 12.4. The molecule has 1 aromatic heterocycles. The number of oxime groups is 1. The van der Waals surface area contributed by atoms with Crippen LogP contribution in [0.4, 0.5) is 5.69 Å². The molecule has 3 N–H and O–H groups in total. The molecule has 0 saturated heterocycles. The van der Waals surface area contributed by atoms with Crippen molar-refractivity contribution in [2.45, 2.75) is 18.7 Å². The van der Waals surface area contributed by atoms with Crippen LogP contribution in [0.3, 0.4) is 0 Å². The second-order valence-electron chi connectivity index (χ2n) is 5.81. The Bertz CT molecular complexity index is 933. The highest BCUT2D eigenvalue weighted by Crippen LogP contribution is 2.18. The summed E-state index contributed by atoms with van der Waals surface area (Å²) in [6, 6.07) is 5.93. The van der Waals surface area contributed by atoms with Gasteiger partial charge in [-0.15, -0.1) is 0 Å². The lowest BCUT2D eigenvalue weighted by Crippen LogP contribution is -2.30. The fourth-order valence-electron chi connectivity index (χ4n) is 2.39. The predicted molar refractivity (Wildman–Crippen MR) is 105 cm³/mol. The van der Waals surface area contributed by atoms with Gasteiger partial charge in [0.2, 0.25) is 10.0 Å². The van der Waals surface area contributed by atoms with Crippen molar-refractivity contribution in [1.29, 1.82) is 0 Å². The van der Waals surface area contributed by atoms with Crippen LogP contribution in [0.25, 0.3) is 0 Å². The standard InChI is InChI=1S/C17H24N6O4S/c1-4-23(5-2)28(25,26)15-8-6-14(7-9-15)20-16(24)12-27-21-17(18)13-10-19-22(3)11-13/h6-11H,4-5,12H2,1-3H3,(H2,18,21)(H,20,24). The average molecular weight is 408 g/mol. The van der Waals surface area contributed by atoms with E-state index in [1.165, 1.54) is 34.8 Å². The summed E-state index contributed by atoms with van der Waals surface area (Å²) in [6.45, 7) is 3.98. The van der Waals surface area contributed by atoms with Gasteiger partial charge < -0.3 is 15.9 Å². The molecule has 2 aromatic rings. The first-order valence-electron chi connectivity index (χ1n) is 8.62. The van der Waals surface area contributed by atoms with Crippen LogP contribution in [-0.2, 0) is 26.7 Å². The Labute approximate surface area is 164 Å². The third-order valence-electron chi connectivity index (χ3n) is 3.84. The normalized spacial score (nSPS) is 12.2. The maximum Gasteiger partial charge on any atom is 0.265 e. The minimum Gasteiger partial charge on any atom is -0.384 e. The first kappa shape index (κ1) is 21.4. The van der Waals surface area contributed by atoms with Gasteiger partial charge in [-0.1, -0.05) is 19.0 Å². The molecule has 0 unspecified atom stereocenters. The van der Waals surface area contributed by atoms with E-state index in [0.717, 1.165) is 0 Å². The van der Waals surface area contributed by atoms with Crippen LogP contribution in [0.15, 0.2) is 46.7 Å². The predicted octanol–water partition coefficient (Wildman–Crippen LogP) is 0.726. The quantitative estimate of drug-likeness (QED) is 0.357. The van der Waals surface area contributed by atoms with Gasteiger partial charge in [-0.2, -0.15) is 9.40 Å². The highest BCUT2D eigenvalue weighted by Gasteiger charge is 2.21. The number of carbonyl (C=O) groups is 1. The van der Waals surface area contributed by atoms with E-state index < -0.39 is 15.9 Å². The van der Waals surface area contributed by atoms with Crippen molar-refractivity contribution in [3.8, 4) is 0 Å². The number of amides is 1. The van der Waals surface area contributed by atoms with E-state index in [4.69, 9.17) is 10.6 Å².